The summed E-state index contributed by atoms with van der Waals surface area (Å²) in [6.07, 6.45) is 1.66. The Labute approximate surface area is 108 Å². The van der Waals surface area contributed by atoms with Crippen molar-refractivity contribution in [2.45, 2.75) is 26.4 Å². The van der Waals surface area contributed by atoms with Gasteiger partial charge < -0.3 is 4.74 Å². The Bertz CT molecular complexity index is 569. The number of ether oxygens (including phenoxy) is 1. The number of hydrogen-bond donors (Lipinski definition) is 0. The number of carbonyl (C=O) groups excluding carboxylic acids is 1. The quantitative estimate of drug-likeness (QED) is 0.600. The second-order valence-electron chi connectivity index (χ2n) is 4.70. The van der Waals surface area contributed by atoms with Crippen LogP contribution in [0.5, 0.6) is 0 Å². The number of hydrogen-bond acceptors (Lipinski definition) is 3. The van der Waals surface area contributed by atoms with Crippen LogP contribution in [0.1, 0.15) is 31.3 Å². The Morgan fingerprint density at radius 3 is 2.71 bits per heavy atom. The molecule has 5 heteroatoms. The number of esters is 1. The lowest BCUT2D eigenvalue weighted by Gasteiger charge is -2.18. The van der Waals surface area contributed by atoms with E-state index in [0.717, 1.165) is 4.60 Å². The van der Waals surface area contributed by atoms with E-state index in [-0.39, 0.29) is 0 Å². The van der Waals surface area contributed by atoms with Gasteiger partial charge in [-0.1, -0.05) is 6.07 Å². The smallest absolute Gasteiger partial charge is 0.359 e. The molecule has 4 nitrogen and oxygen atoms in total. The van der Waals surface area contributed by atoms with Crippen LogP contribution in [0.15, 0.2) is 29.0 Å². The number of carbonyl (C=O) groups is 1. The van der Waals surface area contributed by atoms with Crippen molar-refractivity contribution >= 4 is 27.5 Å². The fraction of sp³-hybridized carbons (Fsp3) is 0.333. The first kappa shape index (κ1) is 12.1. The van der Waals surface area contributed by atoms with E-state index in [9.17, 15) is 4.79 Å². The molecule has 0 saturated carbocycles. The minimum Gasteiger partial charge on any atom is -0.455 e. The van der Waals surface area contributed by atoms with Gasteiger partial charge in [0.05, 0.1) is 4.60 Å². The van der Waals surface area contributed by atoms with E-state index in [0.29, 0.717) is 11.3 Å². The van der Waals surface area contributed by atoms with Gasteiger partial charge in [-0.3, -0.25) is 4.40 Å². The molecule has 0 saturated heterocycles. The third-order valence-corrected chi connectivity index (χ3v) is 2.70. The minimum atomic E-state index is -0.510. The van der Waals surface area contributed by atoms with E-state index in [4.69, 9.17) is 4.74 Å². The molecule has 0 bridgehead atoms. The average molecular weight is 297 g/mol. The minimum absolute atomic E-state index is 0.312. The lowest BCUT2D eigenvalue weighted by atomic mass is 10.2. The maximum atomic E-state index is 11.8. The number of nitrogens with zero attached hydrogens (tertiary/aromatic N) is 2. The van der Waals surface area contributed by atoms with Crippen LogP contribution in [-0.4, -0.2) is 21.0 Å². The van der Waals surface area contributed by atoms with Crippen molar-refractivity contribution in [2.24, 2.45) is 0 Å². The molecule has 2 rings (SSSR count). The van der Waals surface area contributed by atoms with Gasteiger partial charge in [0.15, 0.2) is 5.69 Å². The van der Waals surface area contributed by atoms with Crippen LogP contribution in [0, 0.1) is 0 Å². The first-order valence-electron chi connectivity index (χ1n) is 5.24. The summed E-state index contributed by atoms with van der Waals surface area (Å²) in [6.45, 7) is 5.49. The maximum Gasteiger partial charge on any atom is 0.359 e. The van der Waals surface area contributed by atoms with E-state index in [2.05, 4.69) is 20.9 Å². The number of aromatic nitrogens is 2. The number of rotatable bonds is 1. The molecule has 0 aliphatic rings. The Morgan fingerprint density at radius 1 is 1.41 bits per heavy atom. The molecule has 0 aliphatic carbocycles. The lowest BCUT2D eigenvalue weighted by Crippen LogP contribution is -2.24. The van der Waals surface area contributed by atoms with E-state index in [1.54, 1.807) is 10.6 Å². The number of imidazole rings is 1. The molecule has 2 heterocycles. The van der Waals surface area contributed by atoms with E-state index in [1.807, 2.05) is 39.0 Å². The molecule has 0 atom stereocenters. The van der Waals surface area contributed by atoms with Crippen LogP contribution in [0.25, 0.3) is 5.65 Å². The molecular weight excluding hydrogens is 284 g/mol. The third-order valence-electron chi connectivity index (χ3n) is 2.05. The largest absolute Gasteiger partial charge is 0.455 e. The number of pyridine rings is 1. The first-order valence-corrected chi connectivity index (χ1v) is 6.03. The van der Waals surface area contributed by atoms with Crippen molar-refractivity contribution < 1.29 is 9.53 Å². The zero-order valence-electron chi connectivity index (χ0n) is 9.90. The fourth-order valence-electron chi connectivity index (χ4n) is 1.41. The summed E-state index contributed by atoms with van der Waals surface area (Å²) in [7, 11) is 0. The predicted molar refractivity (Wildman–Crippen MR) is 68.1 cm³/mol. The number of halogens is 1. The molecule has 0 N–H and O–H groups in total. The van der Waals surface area contributed by atoms with Crippen LogP contribution < -0.4 is 0 Å². The van der Waals surface area contributed by atoms with E-state index in [1.165, 1.54) is 0 Å². The summed E-state index contributed by atoms with van der Waals surface area (Å²) < 4.78 is 7.90. The molecule has 17 heavy (non-hydrogen) atoms. The maximum absolute atomic E-state index is 11.8. The molecule has 90 valence electrons. The van der Waals surface area contributed by atoms with Gasteiger partial charge in [0.2, 0.25) is 0 Å². The van der Waals surface area contributed by atoms with Gasteiger partial charge in [0.25, 0.3) is 0 Å². The highest BCUT2D eigenvalue weighted by atomic mass is 79.9. The predicted octanol–water partition coefficient (Wildman–Crippen LogP) is 3.05. The standard InChI is InChI=1S/C12H13BrN2O2/c1-12(2,3)17-11(16)8-7-15-9(13)5-4-6-10(15)14-8/h4-7H,1-3H3. The summed E-state index contributed by atoms with van der Waals surface area (Å²) in [4.78, 5) is 16.0. The van der Waals surface area contributed by atoms with E-state index < -0.39 is 11.6 Å². The van der Waals surface area contributed by atoms with Crippen molar-refractivity contribution in [3.63, 3.8) is 0 Å². The second kappa shape index (κ2) is 4.14. The van der Waals surface area contributed by atoms with Gasteiger partial charge in [-0.15, -0.1) is 0 Å². The third kappa shape index (κ3) is 2.66. The monoisotopic (exact) mass is 296 g/mol. The highest BCUT2D eigenvalue weighted by Crippen LogP contribution is 2.16. The van der Waals surface area contributed by atoms with Crippen LogP contribution in [0.4, 0.5) is 0 Å². The zero-order chi connectivity index (χ0) is 12.6. The van der Waals surface area contributed by atoms with Crippen LogP contribution in [0.2, 0.25) is 0 Å². The summed E-state index contributed by atoms with van der Waals surface area (Å²) in [6, 6.07) is 5.58. The van der Waals surface area contributed by atoms with Crippen molar-refractivity contribution in [2.75, 3.05) is 0 Å². The Balaban J connectivity index is 2.37. The summed E-state index contributed by atoms with van der Waals surface area (Å²) in [5.41, 5.74) is 0.511. The lowest BCUT2D eigenvalue weighted by molar-refractivity contribution is 0.00636. The van der Waals surface area contributed by atoms with Crippen molar-refractivity contribution in [3.8, 4) is 0 Å². The van der Waals surface area contributed by atoms with Gasteiger partial charge in [0, 0.05) is 6.20 Å². The molecule has 0 fully saturated rings. The van der Waals surface area contributed by atoms with Crippen LogP contribution in [-0.2, 0) is 4.74 Å². The Morgan fingerprint density at radius 2 is 2.12 bits per heavy atom. The van der Waals surface area contributed by atoms with Gasteiger partial charge in [-0.05, 0) is 48.8 Å². The fourth-order valence-corrected chi connectivity index (χ4v) is 1.84. The van der Waals surface area contributed by atoms with Gasteiger partial charge in [-0.25, -0.2) is 9.78 Å². The van der Waals surface area contributed by atoms with Gasteiger partial charge >= 0.3 is 5.97 Å². The molecule has 2 aromatic rings. The van der Waals surface area contributed by atoms with Crippen LogP contribution >= 0.6 is 15.9 Å². The second-order valence-corrected chi connectivity index (χ2v) is 5.52. The Kier molecular flexibility index (Phi) is 2.95. The van der Waals surface area contributed by atoms with Gasteiger partial charge in [0.1, 0.15) is 11.2 Å². The first-order chi connectivity index (χ1) is 7.87. The average Bonchev–Trinajstić information content (AvgIpc) is 2.60. The topological polar surface area (TPSA) is 43.6 Å². The normalized spacial score (nSPS) is 11.8. The van der Waals surface area contributed by atoms with Crippen molar-refractivity contribution in [1.29, 1.82) is 0 Å². The molecule has 0 aliphatic heterocycles. The van der Waals surface area contributed by atoms with Gasteiger partial charge in [-0.2, -0.15) is 0 Å². The highest BCUT2D eigenvalue weighted by molar-refractivity contribution is 9.10. The molecule has 0 unspecified atom stereocenters. The zero-order valence-corrected chi connectivity index (χ0v) is 11.5. The molecule has 0 radical (unpaired) electrons. The number of fused-ring (bicyclic) bond motifs is 1. The molecule has 0 amide bonds. The molecule has 2 aromatic heterocycles. The molecular formula is C12H13BrN2O2. The van der Waals surface area contributed by atoms with Crippen molar-refractivity contribution in [1.82, 2.24) is 9.38 Å². The molecule has 0 spiro atoms. The molecule has 0 aromatic carbocycles. The highest BCUT2D eigenvalue weighted by Gasteiger charge is 2.20. The SMILES string of the molecule is CC(C)(C)OC(=O)c1cn2c(Br)cccc2n1. The summed E-state index contributed by atoms with van der Waals surface area (Å²) in [5, 5.41) is 0. The summed E-state index contributed by atoms with van der Waals surface area (Å²) in [5.74, 6) is -0.409. The summed E-state index contributed by atoms with van der Waals surface area (Å²) >= 11 is 3.39. The van der Waals surface area contributed by atoms with E-state index >= 15 is 0 Å². The van der Waals surface area contributed by atoms with Crippen molar-refractivity contribution in [3.05, 3.63) is 34.7 Å². The Hall–Kier alpha value is -1.36. The van der Waals surface area contributed by atoms with Crippen LogP contribution in [0.3, 0.4) is 0 Å².